The lowest BCUT2D eigenvalue weighted by atomic mass is 10.1. The number of carbonyl (C=O) groups is 1. The van der Waals surface area contributed by atoms with Crippen LogP contribution in [0.5, 0.6) is 0 Å². The number of hydrogen-bond acceptors (Lipinski definition) is 4. The molecule has 1 aromatic heterocycles. The second-order valence-corrected chi connectivity index (χ2v) is 3.92. The lowest BCUT2D eigenvalue weighted by Gasteiger charge is -2.15. The van der Waals surface area contributed by atoms with E-state index >= 15 is 0 Å². The topological polar surface area (TPSA) is 72.7 Å². The summed E-state index contributed by atoms with van der Waals surface area (Å²) >= 11 is 0. The molecule has 1 aromatic carbocycles. The highest BCUT2D eigenvalue weighted by Crippen LogP contribution is 2.12. The summed E-state index contributed by atoms with van der Waals surface area (Å²) in [6.07, 6.45) is 7.06. The van der Waals surface area contributed by atoms with Crippen LogP contribution in [0.15, 0.2) is 36.7 Å². The van der Waals surface area contributed by atoms with Gasteiger partial charge in [-0.25, -0.2) is 4.68 Å². The van der Waals surface area contributed by atoms with Crippen LogP contribution in [0.25, 0.3) is 0 Å². The van der Waals surface area contributed by atoms with Crippen molar-refractivity contribution in [2.75, 3.05) is 6.54 Å². The minimum atomic E-state index is -0.509. The third-order valence-electron chi connectivity index (χ3n) is 2.62. The van der Waals surface area contributed by atoms with Crippen molar-refractivity contribution in [1.82, 2.24) is 25.5 Å². The van der Waals surface area contributed by atoms with Crippen molar-refractivity contribution >= 4 is 5.91 Å². The zero-order chi connectivity index (χ0) is 13.5. The summed E-state index contributed by atoms with van der Waals surface area (Å²) in [5.41, 5.74) is 1.03. The molecule has 2 rings (SSSR count). The fraction of sp³-hybridized carbons (Fsp3) is 0.231. The molecule has 1 heterocycles. The average Bonchev–Trinajstić information content (AvgIpc) is 2.97. The van der Waals surface area contributed by atoms with Crippen molar-refractivity contribution in [1.29, 1.82) is 0 Å². The maximum absolute atomic E-state index is 12.1. The van der Waals surface area contributed by atoms with Crippen LogP contribution in [-0.4, -0.2) is 32.7 Å². The van der Waals surface area contributed by atoms with E-state index in [-0.39, 0.29) is 12.5 Å². The highest BCUT2D eigenvalue weighted by Gasteiger charge is 2.21. The van der Waals surface area contributed by atoms with Crippen molar-refractivity contribution in [2.45, 2.75) is 12.5 Å². The largest absolute Gasteiger partial charge is 0.343 e. The highest BCUT2D eigenvalue weighted by molar-refractivity contribution is 5.80. The number of hydrogen-bond donors (Lipinski definition) is 1. The van der Waals surface area contributed by atoms with E-state index in [0.29, 0.717) is 6.42 Å². The molecule has 0 fully saturated rings. The Morgan fingerprint density at radius 3 is 2.84 bits per heavy atom. The maximum Gasteiger partial charge on any atom is 0.246 e. The number of aromatic nitrogens is 4. The van der Waals surface area contributed by atoms with Gasteiger partial charge in [-0.3, -0.25) is 4.79 Å². The molecule has 0 aliphatic rings. The Morgan fingerprint density at radius 1 is 1.42 bits per heavy atom. The standard InChI is InChI=1S/C13H13N5O/c1-2-8-14-13(19)12(18-10-15-16-17-18)9-11-6-4-3-5-7-11/h1,3-7,10,12H,8-9H2,(H,14,19)/t12-/m0/s1. The van der Waals surface area contributed by atoms with Crippen LogP contribution in [0.4, 0.5) is 0 Å². The van der Waals surface area contributed by atoms with Gasteiger partial charge in [0.05, 0.1) is 6.54 Å². The molecular weight excluding hydrogens is 242 g/mol. The maximum atomic E-state index is 12.1. The predicted octanol–water partition coefficient (Wildman–Crippen LogP) is 0.206. The van der Waals surface area contributed by atoms with Crippen molar-refractivity contribution in [2.24, 2.45) is 0 Å². The summed E-state index contributed by atoms with van der Waals surface area (Å²) < 4.78 is 1.43. The minimum absolute atomic E-state index is 0.187. The van der Waals surface area contributed by atoms with Crippen LogP contribution in [0.2, 0.25) is 0 Å². The Kier molecular flexibility index (Phi) is 4.24. The van der Waals surface area contributed by atoms with Crippen molar-refractivity contribution in [3.05, 3.63) is 42.2 Å². The first-order valence-corrected chi connectivity index (χ1v) is 5.79. The van der Waals surface area contributed by atoms with Crippen LogP contribution < -0.4 is 5.32 Å². The molecule has 0 bridgehead atoms. The van der Waals surface area contributed by atoms with E-state index in [9.17, 15) is 4.79 Å². The first kappa shape index (κ1) is 12.8. The molecule has 0 spiro atoms. The molecule has 0 saturated carbocycles. The SMILES string of the molecule is C#CCNC(=O)[C@H](Cc1ccccc1)n1cnnn1. The van der Waals surface area contributed by atoms with Crippen LogP contribution in [-0.2, 0) is 11.2 Å². The van der Waals surface area contributed by atoms with E-state index in [0.717, 1.165) is 5.56 Å². The quantitative estimate of drug-likeness (QED) is 0.775. The Bertz CT molecular complexity index is 558. The third-order valence-corrected chi connectivity index (χ3v) is 2.62. The van der Waals surface area contributed by atoms with Crippen LogP contribution in [0.1, 0.15) is 11.6 Å². The normalized spacial score (nSPS) is 11.5. The van der Waals surface area contributed by atoms with E-state index < -0.39 is 6.04 Å². The van der Waals surface area contributed by atoms with E-state index in [1.165, 1.54) is 11.0 Å². The van der Waals surface area contributed by atoms with Gasteiger partial charge in [0.2, 0.25) is 5.91 Å². The molecule has 6 heteroatoms. The number of nitrogens with zero attached hydrogens (tertiary/aromatic N) is 4. The predicted molar refractivity (Wildman–Crippen MR) is 68.8 cm³/mol. The lowest BCUT2D eigenvalue weighted by Crippen LogP contribution is -2.34. The zero-order valence-electron chi connectivity index (χ0n) is 10.2. The number of nitrogens with one attached hydrogen (secondary N) is 1. The smallest absolute Gasteiger partial charge is 0.246 e. The minimum Gasteiger partial charge on any atom is -0.343 e. The molecule has 6 nitrogen and oxygen atoms in total. The second-order valence-electron chi connectivity index (χ2n) is 3.92. The summed E-state index contributed by atoms with van der Waals surface area (Å²) in [4.78, 5) is 12.1. The summed E-state index contributed by atoms with van der Waals surface area (Å²) in [5, 5.41) is 13.6. The molecule has 0 aliphatic carbocycles. The number of amides is 1. The average molecular weight is 255 g/mol. The van der Waals surface area contributed by atoms with Crippen LogP contribution >= 0.6 is 0 Å². The van der Waals surface area contributed by atoms with Crippen molar-refractivity contribution in [3.63, 3.8) is 0 Å². The van der Waals surface area contributed by atoms with Gasteiger partial charge < -0.3 is 5.32 Å². The number of terminal acetylenes is 1. The molecule has 1 amide bonds. The number of tetrazole rings is 1. The molecule has 19 heavy (non-hydrogen) atoms. The fourth-order valence-electron chi connectivity index (χ4n) is 1.71. The van der Waals surface area contributed by atoms with Gasteiger partial charge in [0.25, 0.3) is 0 Å². The Morgan fingerprint density at radius 2 is 2.21 bits per heavy atom. The van der Waals surface area contributed by atoms with Crippen LogP contribution in [0, 0.1) is 12.3 Å². The van der Waals surface area contributed by atoms with E-state index in [2.05, 4.69) is 26.8 Å². The van der Waals surface area contributed by atoms with Gasteiger partial charge in [0.15, 0.2) is 0 Å². The molecule has 2 aromatic rings. The van der Waals surface area contributed by atoms with Gasteiger partial charge >= 0.3 is 0 Å². The van der Waals surface area contributed by atoms with Crippen LogP contribution in [0.3, 0.4) is 0 Å². The molecule has 1 N–H and O–H groups in total. The third kappa shape index (κ3) is 3.39. The first-order chi connectivity index (χ1) is 9.31. The molecule has 0 saturated heterocycles. The first-order valence-electron chi connectivity index (χ1n) is 5.79. The molecule has 0 unspecified atom stereocenters. The van der Waals surface area contributed by atoms with Gasteiger partial charge in [-0.15, -0.1) is 11.5 Å². The van der Waals surface area contributed by atoms with Gasteiger partial charge in [-0.1, -0.05) is 36.3 Å². The zero-order valence-corrected chi connectivity index (χ0v) is 10.2. The second kappa shape index (κ2) is 6.31. The monoisotopic (exact) mass is 255 g/mol. The molecule has 96 valence electrons. The summed E-state index contributed by atoms with van der Waals surface area (Å²) in [7, 11) is 0. The summed E-state index contributed by atoms with van der Waals surface area (Å²) in [6.45, 7) is 0.187. The Balaban J connectivity index is 2.16. The summed E-state index contributed by atoms with van der Waals surface area (Å²) in [5.74, 6) is 2.17. The van der Waals surface area contributed by atoms with E-state index in [1.807, 2.05) is 30.3 Å². The van der Waals surface area contributed by atoms with Gasteiger partial charge in [0, 0.05) is 6.42 Å². The fourth-order valence-corrected chi connectivity index (χ4v) is 1.71. The Labute approximate surface area is 110 Å². The van der Waals surface area contributed by atoms with Gasteiger partial charge in [-0.05, 0) is 16.0 Å². The number of rotatable bonds is 5. The van der Waals surface area contributed by atoms with Crippen molar-refractivity contribution < 1.29 is 4.79 Å². The number of carbonyl (C=O) groups excluding carboxylic acids is 1. The van der Waals surface area contributed by atoms with Gasteiger partial charge in [-0.2, -0.15) is 0 Å². The molecule has 1 atom stereocenters. The molecule has 0 radical (unpaired) electrons. The molecule has 0 aliphatic heterocycles. The summed E-state index contributed by atoms with van der Waals surface area (Å²) in [6, 6.07) is 9.16. The Hall–Kier alpha value is -2.68. The highest BCUT2D eigenvalue weighted by atomic mass is 16.2. The van der Waals surface area contributed by atoms with Gasteiger partial charge in [0.1, 0.15) is 12.4 Å². The van der Waals surface area contributed by atoms with E-state index in [4.69, 9.17) is 6.42 Å². The lowest BCUT2D eigenvalue weighted by molar-refractivity contribution is -0.124. The van der Waals surface area contributed by atoms with E-state index in [1.54, 1.807) is 0 Å². The van der Waals surface area contributed by atoms with Crippen molar-refractivity contribution in [3.8, 4) is 12.3 Å². The molecular formula is C13H13N5O. The number of benzene rings is 1.